The summed E-state index contributed by atoms with van der Waals surface area (Å²) in [6.07, 6.45) is 6.42. The van der Waals surface area contributed by atoms with Crippen molar-refractivity contribution in [2.45, 2.75) is 64.8 Å². The molecule has 0 saturated heterocycles. The van der Waals surface area contributed by atoms with E-state index in [0.29, 0.717) is 11.9 Å². The van der Waals surface area contributed by atoms with E-state index in [1.807, 2.05) is 0 Å². The minimum absolute atomic E-state index is 0.465. The number of hydrogen-bond acceptors (Lipinski definition) is 1. The lowest BCUT2D eigenvalue weighted by Crippen LogP contribution is -2.08. The second-order valence-corrected chi connectivity index (χ2v) is 5.94. The van der Waals surface area contributed by atoms with Gasteiger partial charge >= 0.3 is 0 Å². The standard InChI is InChI=1S/C17H25ClN2/c1-4-5-6-7-10-14(3)20-15-11-8-9-13(2)17(15)19-16(20)12-18/h8-9,11,14H,4-7,10,12H2,1-3H3. The second kappa shape index (κ2) is 7.12. The van der Waals surface area contributed by atoms with Crippen LogP contribution < -0.4 is 0 Å². The van der Waals surface area contributed by atoms with Crippen molar-refractivity contribution in [1.29, 1.82) is 0 Å². The minimum atomic E-state index is 0.465. The molecule has 20 heavy (non-hydrogen) atoms. The van der Waals surface area contributed by atoms with Crippen molar-refractivity contribution in [2.24, 2.45) is 0 Å². The highest BCUT2D eigenvalue weighted by molar-refractivity contribution is 6.16. The van der Waals surface area contributed by atoms with Crippen molar-refractivity contribution < 1.29 is 0 Å². The molecule has 1 aromatic carbocycles. The predicted molar refractivity (Wildman–Crippen MR) is 87.5 cm³/mol. The van der Waals surface area contributed by atoms with Crippen LogP contribution in [0.2, 0.25) is 0 Å². The molecule has 1 aromatic heterocycles. The Bertz CT molecular complexity index is 559. The maximum Gasteiger partial charge on any atom is 0.125 e. The molecule has 0 fully saturated rings. The molecule has 0 amide bonds. The van der Waals surface area contributed by atoms with Gasteiger partial charge in [-0.3, -0.25) is 0 Å². The van der Waals surface area contributed by atoms with Gasteiger partial charge in [0.25, 0.3) is 0 Å². The molecule has 0 aliphatic rings. The van der Waals surface area contributed by atoms with Crippen LogP contribution in [0.1, 0.15) is 63.4 Å². The van der Waals surface area contributed by atoms with Crippen molar-refractivity contribution in [3.05, 3.63) is 29.6 Å². The van der Waals surface area contributed by atoms with Gasteiger partial charge in [-0.25, -0.2) is 4.98 Å². The number of alkyl halides is 1. The summed E-state index contributed by atoms with van der Waals surface area (Å²) in [6, 6.07) is 6.85. The number of hydrogen-bond donors (Lipinski definition) is 0. The molecule has 0 bridgehead atoms. The topological polar surface area (TPSA) is 17.8 Å². The lowest BCUT2D eigenvalue weighted by atomic mass is 10.1. The van der Waals surface area contributed by atoms with Crippen molar-refractivity contribution in [3.8, 4) is 0 Å². The molecule has 1 atom stereocenters. The van der Waals surface area contributed by atoms with Crippen molar-refractivity contribution in [1.82, 2.24) is 9.55 Å². The Kier molecular flexibility index (Phi) is 5.47. The van der Waals surface area contributed by atoms with Gasteiger partial charge < -0.3 is 4.57 Å². The minimum Gasteiger partial charge on any atom is -0.324 e. The Labute approximate surface area is 127 Å². The fourth-order valence-corrected chi connectivity index (χ4v) is 3.08. The van der Waals surface area contributed by atoms with Gasteiger partial charge in [0.05, 0.1) is 16.9 Å². The highest BCUT2D eigenvalue weighted by atomic mass is 35.5. The first kappa shape index (κ1) is 15.4. The average molecular weight is 293 g/mol. The van der Waals surface area contributed by atoms with Gasteiger partial charge in [0.15, 0.2) is 0 Å². The highest BCUT2D eigenvalue weighted by Gasteiger charge is 2.15. The fraction of sp³-hybridized carbons (Fsp3) is 0.588. The van der Waals surface area contributed by atoms with E-state index in [1.54, 1.807) is 0 Å². The molecule has 2 aromatic rings. The Morgan fingerprint density at radius 1 is 1.25 bits per heavy atom. The van der Waals surface area contributed by atoms with Crippen LogP contribution in [0.15, 0.2) is 18.2 Å². The zero-order valence-electron chi connectivity index (χ0n) is 12.8. The van der Waals surface area contributed by atoms with Crippen molar-refractivity contribution >= 4 is 22.6 Å². The first-order valence-corrected chi connectivity index (χ1v) is 8.24. The number of aromatic nitrogens is 2. The average Bonchev–Trinajstić information content (AvgIpc) is 2.83. The molecule has 2 rings (SSSR count). The molecule has 2 nitrogen and oxygen atoms in total. The summed E-state index contributed by atoms with van der Waals surface area (Å²) in [5.74, 6) is 1.48. The Morgan fingerprint density at radius 2 is 2.05 bits per heavy atom. The van der Waals surface area contributed by atoms with E-state index < -0.39 is 0 Å². The summed E-state index contributed by atoms with van der Waals surface area (Å²) < 4.78 is 2.33. The third kappa shape index (κ3) is 3.17. The van der Waals surface area contributed by atoms with E-state index in [4.69, 9.17) is 16.6 Å². The van der Waals surface area contributed by atoms with Gasteiger partial charge in [0.2, 0.25) is 0 Å². The fourth-order valence-electron chi connectivity index (χ4n) is 2.89. The van der Waals surface area contributed by atoms with Crippen molar-refractivity contribution in [3.63, 3.8) is 0 Å². The quantitative estimate of drug-likeness (QED) is 0.479. The Hall–Kier alpha value is -1.02. The van der Waals surface area contributed by atoms with Gasteiger partial charge in [-0.1, -0.05) is 44.7 Å². The lowest BCUT2D eigenvalue weighted by molar-refractivity contribution is 0.473. The van der Waals surface area contributed by atoms with Gasteiger partial charge in [-0.15, -0.1) is 11.6 Å². The maximum atomic E-state index is 6.10. The number of halogens is 1. The molecule has 0 saturated carbocycles. The number of aryl methyl sites for hydroxylation is 1. The smallest absolute Gasteiger partial charge is 0.125 e. The molecule has 0 aliphatic heterocycles. The number of imidazole rings is 1. The number of benzene rings is 1. The molecule has 0 radical (unpaired) electrons. The van der Waals surface area contributed by atoms with E-state index in [2.05, 4.69) is 43.5 Å². The van der Waals surface area contributed by atoms with Crippen LogP contribution in [0.5, 0.6) is 0 Å². The van der Waals surface area contributed by atoms with Gasteiger partial charge in [-0.05, 0) is 31.9 Å². The van der Waals surface area contributed by atoms with Crippen LogP contribution in [-0.2, 0) is 5.88 Å². The zero-order chi connectivity index (χ0) is 14.5. The van der Waals surface area contributed by atoms with Crippen molar-refractivity contribution in [2.75, 3.05) is 0 Å². The number of nitrogens with zero attached hydrogens (tertiary/aromatic N) is 2. The third-order valence-corrected chi connectivity index (χ3v) is 4.27. The molecule has 0 spiro atoms. The molecular formula is C17H25ClN2. The summed E-state index contributed by atoms with van der Waals surface area (Å²) >= 11 is 6.10. The Morgan fingerprint density at radius 3 is 2.75 bits per heavy atom. The van der Waals surface area contributed by atoms with E-state index in [9.17, 15) is 0 Å². The molecule has 0 N–H and O–H groups in total. The van der Waals surface area contributed by atoms with Crippen LogP contribution in [0.4, 0.5) is 0 Å². The number of fused-ring (bicyclic) bond motifs is 1. The largest absolute Gasteiger partial charge is 0.324 e. The normalized spacial score (nSPS) is 13.0. The first-order valence-electron chi connectivity index (χ1n) is 7.71. The second-order valence-electron chi connectivity index (χ2n) is 5.67. The summed E-state index contributed by atoms with van der Waals surface area (Å²) in [4.78, 5) is 4.73. The van der Waals surface area contributed by atoms with Gasteiger partial charge in [-0.2, -0.15) is 0 Å². The summed E-state index contributed by atoms with van der Waals surface area (Å²) in [5.41, 5.74) is 3.55. The Balaban J connectivity index is 2.25. The lowest BCUT2D eigenvalue weighted by Gasteiger charge is -2.17. The van der Waals surface area contributed by atoms with E-state index in [0.717, 1.165) is 11.3 Å². The maximum absolute atomic E-state index is 6.10. The van der Waals surface area contributed by atoms with E-state index in [1.165, 1.54) is 43.2 Å². The van der Waals surface area contributed by atoms with E-state index >= 15 is 0 Å². The molecular weight excluding hydrogens is 268 g/mol. The molecule has 1 heterocycles. The van der Waals surface area contributed by atoms with Gasteiger partial charge in [0.1, 0.15) is 5.82 Å². The summed E-state index contributed by atoms with van der Waals surface area (Å²) in [6.45, 7) is 6.65. The van der Waals surface area contributed by atoms with Crippen LogP contribution in [0.3, 0.4) is 0 Å². The van der Waals surface area contributed by atoms with Gasteiger partial charge in [0, 0.05) is 6.04 Å². The molecule has 0 aliphatic carbocycles. The monoisotopic (exact) mass is 292 g/mol. The van der Waals surface area contributed by atoms with Crippen LogP contribution in [0.25, 0.3) is 11.0 Å². The summed E-state index contributed by atoms with van der Waals surface area (Å²) in [5, 5.41) is 0. The van der Waals surface area contributed by atoms with Crippen LogP contribution >= 0.6 is 11.6 Å². The van der Waals surface area contributed by atoms with Crippen LogP contribution in [0, 0.1) is 6.92 Å². The summed E-state index contributed by atoms with van der Waals surface area (Å²) in [7, 11) is 0. The SMILES string of the molecule is CCCCCCC(C)n1c(CCl)nc2c(C)cccc21. The first-order chi connectivity index (χ1) is 9.69. The van der Waals surface area contributed by atoms with E-state index in [-0.39, 0.29) is 0 Å². The highest BCUT2D eigenvalue weighted by Crippen LogP contribution is 2.27. The number of unbranched alkanes of at least 4 members (excludes halogenated alkanes) is 3. The molecule has 1 unspecified atom stereocenters. The predicted octanol–water partition coefficient (Wildman–Crippen LogP) is 5.61. The molecule has 110 valence electrons. The third-order valence-electron chi connectivity index (χ3n) is 4.03. The zero-order valence-corrected chi connectivity index (χ0v) is 13.6. The number of para-hydroxylation sites is 1. The molecule has 3 heteroatoms. The number of rotatable bonds is 7. The van der Waals surface area contributed by atoms with Crippen LogP contribution in [-0.4, -0.2) is 9.55 Å².